The van der Waals surface area contributed by atoms with Crippen LogP contribution in [0.3, 0.4) is 0 Å². The van der Waals surface area contributed by atoms with E-state index in [1.165, 1.54) is 6.20 Å². The molecule has 0 fully saturated rings. The Labute approximate surface area is 104 Å². The second kappa shape index (κ2) is 5.50. The number of hydrogen-bond donors (Lipinski definition) is 2. The fourth-order valence-electron chi connectivity index (χ4n) is 1.72. The number of nitrogens with zero attached hydrogens (tertiary/aromatic N) is 2. The molecule has 96 valence electrons. The lowest BCUT2D eigenvalue weighted by atomic mass is 10.2. The summed E-state index contributed by atoms with van der Waals surface area (Å²) in [4.78, 5) is 11.0. The molecule has 0 aliphatic rings. The maximum atomic E-state index is 11.0. The number of rotatable bonds is 6. The molecule has 0 aliphatic heterocycles. The van der Waals surface area contributed by atoms with Crippen LogP contribution in [0, 0.1) is 0 Å². The molecule has 0 saturated heterocycles. The highest BCUT2D eigenvalue weighted by Crippen LogP contribution is 2.07. The van der Waals surface area contributed by atoms with Gasteiger partial charge in [-0.2, -0.15) is 5.10 Å². The van der Waals surface area contributed by atoms with Crippen molar-refractivity contribution < 1.29 is 14.3 Å². The van der Waals surface area contributed by atoms with Gasteiger partial charge >= 0.3 is 5.97 Å². The predicted octanol–water partition coefficient (Wildman–Crippen LogP) is 1.04. The van der Waals surface area contributed by atoms with Crippen molar-refractivity contribution in [1.82, 2.24) is 15.1 Å². The summed E-state index contributed by atoms with van der Waals surface area (Å²) in [5.41, 5.74) is 0.907. The van der Waals surface area contributed by atoms with Crippen LogP contribution in [0.5, 0.6) is 0 Å². The minimum atomic E-state index is -0.953. The fraction of sp³-hybridized carbons (Fsp3) is 0.333. The first-order chi connectivity index (χ1) is 8.68. The molecule has 0 spiro atoms. The van der Waals surface area contributed by atoms with E-state index in [0.717, 1.165) is 18.7 Å². The molecule has 0 atom stereocenters. The number of carboxylic acids is 1. The lowest BCUT2D eigenvalue weighted by molar-refractivity contribution is 0.0695. The third-order valence-corrected chi connectivity index (χ3v) is 2.71. The number of aromatic nitrogens is 2. The number of carbonyl (C=O) groups is 1. The Bertz CT molecular complexity index is 517. The van der Waals surface area contributed by atoms with Gasteiger partial charge in [-0.1, -0.05) is 0 Å². The summed E-state index contributed by atoms with van der Waals surface area (Å²) in [6.07, 6.45) is 3.78. The second-order valence-electron chi connectivity index (χ2n) is 3.94. The van der Waals surface area contributed by atoms with Gasteiger partial charge in [0.1, 0.15) is 11.3 Å². The van der Waals surface area contributed by atoms with Gasteiger partial charge in [0.2, 0.25) is 0 Å². The lowest BCUT2D eigenvalue weighted by Crippen LogP contribution is -2.20. The molecule has 6 heteroatoms. The molecule has 0 aromatic carbocycles. The molecule has 2 heterocycles. The van der Waals surface area contributed by atoms with Crippen LogP contribution < -0.4 is 5.32 Å². The van der Waals surface area contributed by atoms with E-state index in [9.17, 15) is 4.79 Å². The molecule has 2 aromatic heterocycles. The standard InChI is InChI=1S/C12H15N3O3/c1-15-11(10(7-14-15)12(16)17)8-13-5-4-9-3-2-6-18-9/h2-3,6-7,13H,4-5,8H2,1H3,(H,16,17). The Morgan fingerprint density at radius 2 is 2.44 bits per heavy atom. The van der Waals surface area contributed by atoms with E-state index in [2.05, 4.69) is 10.4 Å². The Morgan fingerprint density at radius 1 is 1.61 bits per heavy atom. The first-order valence-electron chi connectivity index (χ1n) is 5.65. The van der Waals surface area contributed by atoms with Gasteiger partial charge in [0.05, 0.1) is 18.2 Å². The Balaban J connectivity index is 1.86. The van der Waals surface area contributed by atoms with E-state index in [1.54, 1.807) is 18.0 Å². The van der Waals surface area contributed by atoms with Gasteiger partial charge in [-0.25, -0.2) is 4.79 Å². The smallest absolute Gasteiger partial charge is 0.339 e. The summed E-state index contributed by atoms with van der Waals surface area (Å²) >= 11 is 0. The number of aryl methyl sites for hydroxylation is 1. The molecule has 0 bridgehead atoms. The highest BCUT2D eigenvalue weighted by Gasteiger charge is 2.14. The fourth-order valence-corrected chi connectivity index (χ4v) is 1.72. The Kier molecular flexibility index (Phi) is 3.78. The molecule has 2 N–H and O–H groups in total. The average Bonchev–Trinajstić information content (AvgIpc) is 2.94. The summed E-state index contributed by atoms with van der Waals surface area (Å²) < 4.78 is 6.78. The zero-order valence-electron chi connectivity index (χ0n) is 10.1. The quantitative estimate of drug-likeness (QED) is 0.748. The summed E-state index contributed by atoms with van der Waals surface area (Å²) in [5.74, 6) is -0.0445. The molecule has 0 amide bonds. The highest BCUT2D eigenvalue weighted by molar-refractivity contribution is 5.88. The van der Waals surface area contributed by atoms with Crippen LogP contribution in [0.2, 0.25) is 0 Å². The summed E-state index contributed by atoms with van der Waals surface area (Å²) in [6, 6.07) is 3.76. The van der Waals surface area contributed by atoms with Crippen LogP contribution in [0.25, 0.3) is 0 Å². The van der Waals surface area contributed by atoms with Crippen LogP contribution in [-0.4, -0.2) is 27.4 Å². The van der Waals surface area contributed by atoms with E-state index >= 15 is 0 Å². The summed E-state index contributed by atoms with van der Waals surface area (Å²) in [7, 11) is 1.73. The van der Waals surface area contributed by atoms with Gasteiger partial charge in [0, 0.05) is 26.6 Å². The van der Waals surface area contributed by atoms with Crippen LogP contribution >= 0.6 is 0 Å². The van der Waals surface area contributed by atoms with Crippen LogP contribution in [0.15, 0.2) is 29.0 Å². The molecule has 0 aliphatic carbocycles. The van der Waals surface area contributed by atoms with E-state index < -0.39 is 5.97 Å². The first-order valence-corrected chi connectivity index (χ1v) is 5.65. The highest BCUT2D eigenvalue weighted by atomic mass is 16.4. The molecule has 0 unspecified atom stereocenters. The maximum Gasteiger partial charge on any atom is 0.339 e. The third-order valence-electron chi connectivity index (χ3n) is 2.71. The van der Waals surface area contributed by atoms with E-state index in [4.69, 9.17) is 9.52 Å². The SMILES string of the molecule is Cn1ncc(C(=O)O)c1CNCCc1ccco1. The monoisotopic (exact) mass is 249 g/mol. The number of hydrogen-bond acceptors (Lipinski definition) is 4. The zero-order valence-corrected chi connectivity index (χ0v) is 10.1. The lowest BCUT2D eigenvalue weighted by Gasteiger charge is -2.05. The number of aromatic carboxylic acids is 1. The van der Waals surface area contributed by atoms with Crippen molar-refractivity contribution in [3.05, 3.63) is 41.6 Å². The van der Waals surface area contributed by atoms with Crippen molar-refractivity contribution in [3.63, 3.8) is 0 Å². The number of nitrogens with one attached hydrogen (secondary N) is 1. The topological polar surface area (TPSA) is 80.3 Å². The average molecular weight is 249 g/mol. The molecular weight excluding hydrogens is 234 g/mol. The minimum Gasteiger partial charge on any atom is -0.478 e. The number of furan rings is 1. The van der Waals surface area contributed by atoms with Crippen LogP contribution in [0.1, 0.15) is 21.8 Å². The van der Waals surface area contributed by atoms with Crippen molar-refractivity contribution in [2.24, 2.45) is 7.05 Å². The van der Waals surface area contributed by atoms with Crippen molar-refractivity contribution in [3.8, 4) is 0 Å². The largest absolute Gasteiger partial charge is 0.478 e. The van der Waals surface area contributed by atoms with Crippen LogP contribution in [-0.2, 0) is 20.0 Å². The van der Waals surface area contributed by atoms with Gasteiger partial charge in [-0.05, 0) is 12.1 Å². The Morgan fingerprint density at radius 3 is 3.11 bits per heavy atom. The van der Waals surface area contributed by atoms with Crippen molar-refractivity contribution in [1.29, 1.82) is 0 Å². The molecule has 0 saturated carbocycles. The van der Waals surface area contributed by atoms with Gasteiger partial charge < -0.3 is 14.8 Å². The van der Waals surface area contributed by atoms with Gasteiger partial charge in [0.15, 0.2) is 0 Å². The molecule has 6 nitrogen and oxygen atoms in total. The minimum absolute atomic E-state index is 0.239. The Hall–Kier alpha value is -2.08. The molecule has 2 aromatic rings. The molecular formula is C12H15N3O3. The second-order valence-corrected chi connectivity index (χ2v) is 3.94. The molecule has 18 heavy (non-hydrogen) atoms. The van der Waals surface area contributed by atoms with Crippen molar-refractivity contribution in [2.45, 2.75) is 13.0 Å². The molecule has 0 radical (unpaired) electrons. The number of carboxylic acid groups (broad SMARTS) is 1. The van der Waals surface area contributed by atoms with E-state index in [1.807, 2.05) is 12.1 Å². The van der Waals surface area contributed by atoms with Gasteiger partial charge in [-0.15, -0.1) is 0 Å². The van der Waals surface area contributed by atoms with Gasteiger partial charge in [0.25, 0.3) is 0 Å². The normalized spacial score (nSPS) is 10.7. The van der Waals surface area contributed by atoms with E-state index in [-0.39, 0.29) is 5.56 Å². The van der Waals surface area contributed by atoms with Gasteiger partial charge in [-0.3, -0.25) is 4.68 Å². The van der Waals surface area contributed by atoms with Crippen molar-refractivity contribution >= 4 is 5.97 Å². The summed E-state index contributed by atoms with van der Waals surface area (Å²) in [6.45, 7) is 1.19. The predicted molar refractivity (Wildman–Crippen MR) is 64.3 cm³/mol. The maximum absolute atomic E-state index is 11.0. The first kappa shape index (κ1) is 12.4. The third kappa shape index (κ3) is 2.78. The van der Waals surface area contributed by atoms with Crippen LogP contribution in [0.4, 0.5) is 0 Å². The van der Waals surface area contributed by atoms with Crippen molar-refractivity contribution in [2.75, 3.05) is 6.54 Å². The summed E-state index contributed by atoms with van der Waals surface area (Å²) in [5, 5.41) is 16.1. The van der Waals surface area contributed by atoms with E-state index in [0.29, 0.717) is 12.2 Å². The molecule has 2 rings (SSSR count). The zero-order chi connectivity index (χ0) is 13.0.